The molecule has 3 aromatic rings. The molecule has 0 aliphatic carbocycles. The van der Waals surface area contributed by atoms with Crippen molar-refractivity contribution in [1.82, 2.24) is 14.8 Å². The smallest absolute Gasteiger partial charge is 0.275 e. The highest BCUT2D eigenvalue weighted by Crippen LogP contribution is 2.23. The number of thiazole rings is 1. The zero-order valence-corrected chi connectivity index (χ0v) is 13.0. The normalized spacial score (nSPS) is 10.5. The van der Waals surface area contributed by atoms with E-state index in [1.807, 2.05) is 13.2 Å². The molecule has 2 aromatic heterocycles. The average molecular weight is 327 g/mol. The Labute approximate surface area is 135 Å². The number of nitrogens with zero attached hydrogens (tertiary/aromatic N) is 3. The first-order valence-electron chi connectivity index (χ1n) is 6.68. The molecule has 0 unspecified atom stereocenters. The van der Waals surface area contributed by atoms with E-state index in [2.05, 4.69) is 15.4 Å². The lowest BCUT2D eigenvalue weighted by Gasteiger charge is -2.04. The molecule has 1 aromatic carbocycles. The number of primary amides is 1. The van der Waals surface area contributed by atoms with Crippen molar-refractivity contribution in [3.63, 3.8) is 0 Å². The third-order valence-electron chi connectivity index (χ3n) is 3.09. The highest BCUT2D eigenvalue weighted by molar-refractivity contribution is 7.13. The van der Waals surface area contributed by atoms with Gasteiger partial charge in [0.2, 0.25) is 5.91 Å². The molecular formula is C15H13N5O2S. The number of nitrogens with two attached hydrogens (primary N) is 1. The van der Waals surface area contributed by atoms with Crippen LogP contribution in [0.25, 0.3) is 10.6 Å². The molecule has 0 radical (unpaired) electrons. The van der Waals surface area contributed by atoms with Crippen molar-refractivity contribution in [2.45, 2.75) is 0 Å². The van der Waals surface area contributed by atoms with Crippen molar-refractivity contribution in [2.75, 3.05) is 5.32 Å². The lowest BCUT2D eigenvalue weighted by Crippen LogP contribution is -2.14. The first-order chi connectivity index (χ1) is 11.0. The van der Waals surface area contributed by atoms with Gasteiger partial charge in [-0.05, 0) is 18.2 Å². The average Bonchev–Trinajstić information content (AvgIpc) is 3.16. The SMILES string of the molecule is Cn1cc(-c2nc(C(=O)Nc3cccc(C(N)=O)c3)cs2)cn1. The van der Waals surface area contributed by atoms with Gasteiger partial charge in [-0.1, -0.05) is 6.07 Å². The molecule has 0 fully saturated rings. The highest BCUT2D eigenvalue weighted by Gasteiger charge is 2.13. The summed E-state index contributed by atoms with van der Waals surface area (Å²) in [5.41, 5.74) is 7.20. The Bertz CT molecular complexity index is 883. The summed E-state index contributed by atoms with van der Waals surface area (Å²) in [4.78, 5) is 27.7. The van der Waals surface area contributed by atoms with Crippen molar-refractivity contribution in [3.8, 4) is 10.6 Å². The van der Waals surface area contributed by atoms with Crippen LogP contribution in [-0.4, -0.2) is 26.6 Å². The summed E-state index contributed by atoms with van der Waals surface area (Å²) in [6.07, 6.45) is 3.52. The van der Waals surface area contributed by atoms with E-state index in [0.29, 0.717) is 22.0 Å². The molecule has 7 nitrogen and oxygen atoms in total. The first-order valence-corrected chi connectivity index (χ1v) is 7.56. The van der Waals surface area contributed by atoms with Crippen molar-refractivity contribution < 1.29 is 9.59 Å². The zero-order chi connectivity index (χ0) is 16.4. The van der Waals surface area contributed by atoms with Crippen molar-refractivity contribution in [3.05, 3.63) is 53.3 Å². The molecule has 3 rings (SSSR count). The molecular weight excluding hydrogens is 314 g/mol. The predicted octanol–water partition coefficient (Wildman–Crippen LogP) is 1.89. The molecule has 0 bridgehead atoms. The minimum Gasteiger partial charge on any atom is -0.366 e. The molecule has 0 spiro atoms. The predicted molar refractivity (Wildman–Crippen MR) is 87.2 cm³/mol. The molecule has 2 amide bonds. The van der Waals surface area contributed by atoms with Crippen molar-refractivity contribution in [2.24, 2.45) is 12.8 Å². The quantitative estimate of drug-likeness (QED) is 0.763. The largest absolute Gasteiger partial charge is 0.366 e. The van der Waals surface area contributed by atoms with Gasteiger partial charge in [-0.25, -0.2) is 4.98 Å². The summed E-state index contributed by atoms with van der Waals surface area (Å²) in [6, 6.07) is 6.44. The number of amides is 2. The number of carbonyl (C=O) groups is 2. The number of aryl methyl sites for hydroxylation is 1. The molecule has 116 valence electrons. The van der Waals surface area contributed by atoms with E-state index in [1.54, 1.807) is 34.5 Å². The van der Waals surface area contributed by atoms with E-state index in [0.717, 1.165) is 5.56 Å². The molecule has 3 N–H and O–H groups in total. The standard InChI is InChI=1S/C15H13N5O2S/c1-20-7-10(6-17-20)15-19-12(8-23-15)14(22)18-11-4-2-3-9(5-11)13(16)21/h2-8H,1H3,(H2,16,21)(H,18,22). The minimum atomic E-state index is -0.548. The topological polar surface area (TPSA) is 103 Å². The van der Waals surface area contributed by atoms with Crippen molar-refractivity contribution >= 4 is 28.8 Å². The molecule has 0 aliphatic rings. The van der Waals surface area contributed by atoms with Crippen LogP contribution in [0.5, 0.6) is 0 Å². The summed E-state index contributed by atoms with van der Waals surface area (Å²) in [7, 11) is 1.82. The summed E-state index contributed by atoms with van der Waals surface area (Å²) in [5, 5.41) is 9.17. The number of benzene rings is 1. The number of hydrogen-bond donors (Lipinski definition) is 2. The van der Waals surface area contributed by atoms with Crippen LogP contribution in [0, 0.1) is 0 Å². The van der Waals surface area contributed by atoms with E-state index in [9.17, 15) is 9.59 Å². The van der Waals surface area contributed by atoms with Crippen LogP contribution in [0.1, 0.15) is 20.8 Å². The number of anilines is 1. The van der Waals surface area contributed by atoms with E-state index >= 15 is 0 Å². The van der Waals surface area contributed by atoms with Gasteiger partial charge in [0.1, 0.15) is 10.7 Å². The van der Waals surface area contributed by atoms with Crippen LogP contribution in [0.2, 0.25) is 0 Å². The summed E-state index contributed by atoms with van der Waals surface area (Å²) >= 11 is 1.36. The van der Waals surface area contributed by atoms with Gasteiger partial charge < -0.3 is 11.1 Å². The van der Waals surface area contributed by atoms with Crippen LogP contribution in [0.15, 0.2) is 42.0 Å². The molecule has 0 saturated carbocycles. The van der Waals surface area contributed by atoms with Gasteiger partial charge in [0.15, 0.2) is 0 Å². The first kappa shape index (κ1) is 14.9. The van der Waals surface area contributed by atoms with E-state index in [1.165, 1.54) is 17.4 Å². The maximum atomic E-state index is 12.2. The second-order valence-electron chi connectivity index (χ2n) is 4.84. The fourth-order valence-corrected chi connectivity index (χ4v) is 2.76. The van der Waals surface area contributed by atoms with Crippen LogP contribution >= 0.6 is 11.3 Å². The third kappa shape index (κ3) is 3.27. The summed E-state index contributed by atoms with van der Waals surface area (Å²) in [6.45, 7) is 0. The zero-order valence-electron chi connectivity index (χ0n) is 12.2. The molecule has 8 heteroatoms. The maximum absolute atomic E-state index is 12.2. The Hall–Kier alpha value is -3.00. The Morgan fingerprint density at radius 2 is 2.17 bits per heavy atom. The highest BCUT2D eigenvalue weighted by atomic mass is 32.1. The van der Waals surface area contributed by atoms with Gasteiger partial charge >= 0.3 is 0 Å². The summed E-state index contributed by atoms with van der Waals surface area (Å²) in [5.74, 6) is -0.897. The van der Waals surface area contributed by atoms with Gasteiger partial charge in [-0.3, -0.25) is 14.3 Å². The Morgan fingerprint density at radius 1 is 1.35 bits per heavy atom. The van der Waals surface area contributed by atoms with Gasteiger partial charge in [0, 0.05) is 35.4 Å². The van der Waals surface area contributed by atoms with Crippen LogP contribution in [0.4, 0.5) is 5.69 Å². The monoisotopic (exact) mass is 327 g/mol. The van der Waals surface area contributed by atoms with Gasteiger partial charge in [0.25, 0.3) is 5.91 Å². The fraction of sp³-hybridized carbons (Fsp3) is 0.0667. The van der Waals surface area contributed by atoms with Crippen LogP contribution in [-0.2, 0) is 7.05 Å². The number of hydrogen-bond acceptors (Lipinski definition) is 5. The second-order valence-corrected chi connectivity index (χ2v) is 5.70. The Balaban J connectivity index is 1.77. The summed E-state index contributed by atoms with van der Waals surface area (Å²) < 4.78 is 1.67. The van der Waals surface area contributed by atoms with Gasteiger partial charge in [-0.2, -0.15) is 5.10 Å². The van der Waals surface area contributed by atoms with Gasteiger partial charge in [-0.15, -0.1) is 11.3 Å². The van der Waals surface area contributed by atoms with Gasteiger partial charge in [0.05, 0.1) is 6.20 Å². The molecule has 0 atom stereocenters. The Morgan fingerprint density at radius 3 is 2.87 bits per heavy atom. The van der Waals surface area contributed by atoms with Crippen LogP contribution < -0.4 is 11.1 Å². The number of carbonyl (C=O) groups excluding carboxylic acids is 2. The Kier molecular flexibility index (Phi) is 3.90. The van der Waals surface area contributed by atoms with E-state index < -0.39 is 5.91 Å². The lowest BCUT2D eigenvalue weighted by molar-refractivity contribution is 0.0995. The van der Waals surface area contributed by atoms with Crippen LogP contribution in [0.3, 0.4) is 0 Å². The molecule has 23 heavy (non-hydrogen) atoms. The van der Waals surface area contributed by atoms with E-state index in [4.69, 9.17) is 5.73 Å². The molecule has 2 heterocycles. The number of aromatic nitrogens is 3. The maximum Gasteiger partial charge on any atom is 0.275 e. The minimum absolute atomic E-state index is 0.304. The molecule has 0 saturated heterocycles. The fourth-order valence-electron chi connectivity index (χ4n) is 1.99. The number of nitrogens with one attached hydrogen (secondary N) is 1. The third-order valence-corrected chi connectivity index (χ3v) is 3.98. The van der Waals surface area contributed by atoms with E-state index in [-0.39, 0.29) is 5.91 Å². The second kappa shape index (κ2) is 6.01. The number of rotatable bonds is 4. The van der Waals surface area contributed by atoms with Crippen molar-refractivity contribution in [1.29, 1.82) is 0 Å². The lowest BCUT2D eigenvalue weighted by atomic mass is 10.2. The molecule has 0 aliphatic heterocycles.